The largest absolute Gasteiger partial charge is 0.496 e. The normalized spacial score (nSPS) is 14.1. The molecule has 0 saturated carbocycles. The van der Waals surface area contributed by atoms with E-state index in [-0.39, 0.29) is 0 Å². The molecule has 4 heteroatoms. The van der Waals surface area contributed by atoms with Gasteiger partial charge in [0, 0.05) is 0 Å². The Morgan fingerprint density at radius 2 is 1.72 bits per heavy atom. The summed E-state index contributed by atoms with van der Waals surface area (Å²) in [5.74, 6) is 1.32. The summed E-state index contributed by atoms with van der Waals surface area (Å²) < 4.78 is 10.7. The number of benzene rings is 1. The summed E-state index contributed by atoms with van der Waals surface area (Å²) in [4.78, 5) is 0. The highest BCUT2D eigenvalue weighted by Gasteiger charge is 2.24. The molecule has 18 heavy (non-hydrogen) atoms. The van der Waals surface area contributed by atoms with Gasteiger partial charge in [0.25, 0.3) is 0 Å². The molecule has 0 saturated heterocycles. The molecule has 0 aliphatic carbocycles. The first kappa shape index (κ1) is 14.8. The van der Waals surface area contributed by atoms with Gasteiger partial charge in [0.15, 0.2) is 0 Å². The molecule has 0 aliphatic heterocycles. The third-order valence-electron chi connectivity index (χ3n) is 3.02. The summed E-state index contributed by atoms with van der Waals surface area (Å²) in [5, 5.41) is 10.0. The Morgan fingerprint density at radius 3 is 2.11 bits per heavy atom. The van der Waals surface area contributed by atoms with Crippen molar-refractivity contribution in [1.82, 2.24) is 0 Å². The van der Waals surface area contributed by atoms with Crippen LogP contribution in [0.4, 0.5) is 0 Å². The zero-order valence-corrected chi connectivity index (χ0v) is 11.6. The third-order valence-corrected chi connectivity index (χ3v) is 3.02. The molecular formula is C14H23NO3. The van der Waals surface area contributed by atoms with Crippen molar-refractivity contribution in [3.05, 3.63) is 23.3 Å². The molecule has 0 fully saturated rings. The zero-order chi connectivity index (χ0) is 13.7. The van der Waals surface area contributed by atoms with Crippen LogP contribution < -0.4 is 15.2 Å². The van der Waals surface area contributed by atoms with Crippen LogP contribution >= 0.6 is 0 Å². The number of aliphatic hydroxyl groups excluding tert-OH is 1. The van der Waals surface area contributed by atoms with Gasteiger partial charge in [-0.1, -0.05) is 13.3 Å². The molecule has 0 aromatic heterocycles. The van der Waals surface area contributed by atoms with E-state index >= 15 is 0 Å². The molecule has 0 amide bonds. The third kappa shape index (κ3) is 3.15. The quantitative estimate of drug-likeness (QED) is 0.815. The van der Waals surface area contributed by atoms with E-state index in [0.717, 1.165) is 17.5 Å². The lowest BCUT2D eigenvalue weighted by atomic mass is 9.96. The molecule has 4 nitrogen and oxygen atoms in total. The maximum Gasteiger partial charge on any atom is 0.127 e. The van der Waals surface area contributed by atoms with Crippen molar-refractivity contribution in [2.75, 3.05) is 14.2 Å². The molecule has 1 aromatic carbocycles. The van der Waals surface area contributed by atoms with E-state index in [9.17, 15) is 5.11 Å². The number of aryl methyl sites for hydroxylation is 1. The molecule has 0 aliphatic rings. The predicted molar refractivity (Wildman–Crippen MR) is 72.1 cm³/mol. The number of hydrogen-bond donors (Lipinski definition) is 2. The second-order valence-electron chi connectivity index (χ2n) is 4.46. The first-order chi connectivity index (χ1) is 8.54. The highest BCUT2D eigenvalue weighted by atomic mass is 16.5. The van der Waals surface area contributed by atoms with Crippen LogP contribution in [0.15, 0.2) is 12.1 Å². The van der Waals surface area contributed by atoms with Crippen LogP contribution in [0.1, 0.15) is 36.9 Å². The number of rotatable bonds is 6. The van der Waals surface area contributed by atoms with E-state index in [4.69, 9.17) is 15.2 Å². The van der Waals surface area contributed by atoms with E-state index in [0.29, 0.717) is 17.9 Å². The van der Waals surface area contributed by atoms with Crippen molar-refractivity contribution in [2.24, 2.45) is 5.73 Å². The van der Waals surface area contributed by atoms with Gasteiger partial charge in [-0.25, -0.2) is 0 Å². The molecule has 1 rings (SSSR count). The average molecular weight is 253 g/mol. The number of aliphatic hydroxyl groups is 1. The molecule has 2 atom stereocenters. The van der Waals surface area contributed by atoms with Gasteiger partial charge in [-0.2, -0.15) is 0 Å². The molecule has 0 radical (unpaired) electrons. The van der Waals surface area contributed by atoms with Crippen molar-refractivity contribution in [1.29, 1.82) is 0 Å². The van der Waals surface area contributed by atoms with Crippen molar-refractivity contribution in [2.45, 2.75) is 38.8 Å². The minimum absolute atomic E-state index is 0.504. The summed E-state index contributed by atoms with van der Waals surface area (Å²) in [6, 6.07) is 3.29. The van der Waals surface area contributed by atoms with Crippen LogP contribution in [-0.2, 0) is 0 Å². The van der Waals surface area contributed by atoms with Gasteiger partial charge >= 0.3 is 0 Å². The smallest absolute Gasteiger partial charge is 0.127 e. The monoisotopic (exact) mass is 253 g/mol. The Kier molecular flexibility index (Phi) is 5.44. The van der Waals surface area contributed by atoms with Gasteiger partial charge in [0.2, 0.25) is 0 Å². The standard InChI is InChI=1S/C14H23NO3/c1-5-6-10(16)14(15)13-11(17-3)7-9(2)8-12(13)18-4/h7-8,10,14,16H,5-6,15H2,1-4H3/t10-,14-/m1/s1. The van der Waals surface area contributed by atoms with Crippen LogP contribution in [0.2, 0.25) is 0 Å². The second-order valence-corrected chi connectivity index (χ2v) is 4.46. The summed E-state index contributed by atoms with van der Waals surface area (Å²) in [6.45, 7) is 3.97. The summed E-state index contributed by atoms with van der Waals surface area (Å²) in [5.41, 5.74) is 7.88. The van der Waals surface area contributed by atoms with Crippen molar-refractivity contribution in [3.8, 4) is 11.5 Å². The number of ether oxygens (including phenoxy) is 2. The fraction of sp³-hybridized carbons (Fsp3) is 0.571. The Bertz CT molecular complexity index is 368. The van der Waals surface area contributed by atoms with Crippen molar-refractivity contribution < 1.29 is 14.6 Å². The van der Waals surface area contributed by atoms with Gasteiger partial charge in [-0.3, -0.25) is 0 Å². The van der Waals surface area contributed by atoms with Gasteiger partial charge in [0.1, 0.15) is 11.5 Å². The number of hydrogen-bond acceptors (Lipinski definition) is 4. The maximum absolute atomic E-state index is 10.0. The fourth-order valence-electron chi connectivity index (χ4n) is 2.07. The van der Waals surface area contributed by atoms with E-state index in [1.807, 2.05) is 26.0 Å². The molecule has 0 bridgehead atoms. The summed E-state index contributed by atoms with van der Waals surface area (Å²) in [6.07, 6.45) is 0.938. The Hall–Kier alpha value is -1.26. The summed E-state index contributed by atoms with van der Waals surface area (Å²) in [7, 11) is 3.19. The van der Waals surface area contributed by atoms with E-state index in [1.165, 1.54) is 0 Å². The topological polar surface area (TPSA) is 64.7 Å². The lowest BCUT2D eigenvalue weighted by molar-refractivity contribution is 0.131. The number of methoxy groups -OCH3 is 2. The van der Waals surface area contributed by atoms with Gasteiger partial charge in [0.05, 0.1) is 31.9 Å². The van der Waals surface area contributed by atoms with Crippen molar-refractivity contribution >= 4 is 0 Å². The van der Waals surface area contributed by atoms with Crippen molar-refractivity contribution in [3.63, 3.8) is 0 Å². The van der Waals surface area contributed by atoms with Gasteiger partial charge < -0.3 is 20.3 Å². The molecule has 3 N–H and O–H groups in total. The predicted octanol–water partition coefficient (Wildman–Crippen LogP) is 2.17. The van der Waals surface area contributed by atoms with Crippen LogP contribution in [0.25, 0.3) is 0 Å². The van der Waals surface area contributed by atoms with Crippen LogP contribution in [0.5, 0.6) is 11.5 Å². The van der Waals surface area contributed by atoms with E-state index in [1.54, 1.807) is 14.2 Å². The Labute approximate surface area is 109 Å². The van der Waals surface area contributed by atoms with Gasteiger partial charge in [-0.05, 0) is 31.0 Å². The minimum Gasteiger partial charge on any atom is -0.496 e. The van der Waals surface area contributed by atoms with Gasteiger partial charge in [-0.15, -0.1) is 0 Å². The SMILES string of the molecule is CCC[C@@H](O)[C@@H](N)c1c(OC)cc(C)cc1OC. The fourth-order valence-corrected chi connectivity index (χ4v) is 2.07. The Morgan fingerprint density at radius 1 is 1.22 bits per heavy atom. The van der Waals surface area contributed by atoms with Crippen LogP contribution in [-0.4, -0.2) is 25.4 Å². The highest BCUT2D eigenvalue weighted by Crippen LogP contribution is 2.36. The molecular weight excluding hydrogens is 230 g/mol. The first-order valence-corrected chi connectivity index (χ1v) is 6.21. The zero-order valence-electron chi connectivity index (χ0n) is 11.6. The molecule has 0 heterocycles. The molecule has 1 aromatic rings. The highest BCUT2D eigenvalue weighted by molar-refractivity contribution is 5.50. The molecule has 0 unspecified atom stereocenters. The number of nitrogens with two attached hydrogens (primary N) is 1. The lowest BCUT2D eigenvalue weighted by Crippen LogP contribution is -2.27. The lowest BCUT2D eigenvalue weighted by Gasteiger charge is -2.23. The maximum atomic E-state index is 10.0. The van der Waals surface area contributed by atoms with E-state index in [2.05, 4.69) is 0 Å². The minimum atomic E-state index is -0.597. The van der Waals surface area contributed by atoms with E-state index < -0.39 is 12.1 Å². The molecule has 0 spiro atoms. The Balaban J connectivity index is 3.19. The van der Waals surface area contributed by atoms with Crippen LogP contribution in [0, 0.1) is 6.92 Å². The van der Waals surface area contributed by atoms with Crippen LogP contribution in [0.3, 0.4) is 0 Å². The molecule has 102 valence electrons. The summed E-state index contributed by atoms with van der Waals surface area (Å²) >= 11 is 0. The second kappa shape index (κ2) is 6.61. The first-order valence-electron chi connectivity index (χ1n) is 6.21. The average Bonchev–Trinajstić information content (AvgIpc) is 2.36.